The third-order valence-electron chi connectivity index (χ3n) is 2.17. The second-order valence-electron chi connectivity index (χ2n) is 5.23. The summed E-state index contributed by atoms with van der Waals surface area (Å²) in [6.07, 6.45) is 0.0391. The molecule has 0 fully saturated rings. The van der Waals surface area contributed by atoms with Crippen molar-refractivity contribution < 1.29 is 9.90 Å². The maximum atomic E-state index is 10.8. The lowest BCUT2D eigenvalue weighted by Crippen LogP contribution is -2.16. The van der Waals surface area contributed by atoms with Gasteiger partial charge in [-0.25, -0.2) is 0 Å². The second-order valence-corrected chi connectivity index (χ2v) is 9.98. The molecule has 1 rings (SSSR count). The van der Waals surface area contributed by atoms with E-state index in [4.69, 9.17) is 5.11 Å². The molecule has 0 radical (unpaired) electrons. The summed E-state index contributed by atoms with van der Waals surface area (Å²) in [5.74, 6) is 2.32. The highest BCUT2D eigenvalue weighted by atomic mass is 28.3. The average molecular weight is 246 g/mol. The zero-order chi connectivity index (χ0) is 13.1. The van der Waals surface area contributed by atoms with Crippen LogP contribution in [0, 0.1) is 18.4 Å². The molecule has 90 valence electrons. The number of hydrogen-bond donors (Lipinski definition) is 1. The Balaban J connectivity index is 3.13. The van der Waals surface area contributed by atoms with Crippen LogP contribution in [-0.2, 0) is 11.2 Å². The van der Waals surface area contributed by atoms with Gasteiger partial charge in [0.1, 0.15) is 8.07 Å². The lowest BCUT2D eigenvalue weighted by molar-refractivity contribution is -0.136. The van der Waals surface area contributed by atoms with Crippen molar-refractivity contribution in [1.29, 1.82) is 0 Å². The molecule has 0 aliphatic carbocycles. The van der Waals surface area contributed by atoms with Crippen molar-refractivity contribution in [2.45, 2.75) is 33.0 Å². The van der Waals surface area contributed by atoms with E-state index in [1.807, 2.05) is 25.1 Å². The summed E-state index contributed by atoms with van der Waals surface area (Å²) in [6, 6.07) is 5.79. The fraction of sp³-hybridized carbons (Fsp3) is 0.357. The van der Waals surface area contributed by atoms with Crippen LogP contribution in [0.1, 0.15) is 16.7 Å². The predicted octanol–water partition coefficient (Wildman–Crippen LogP) is 2.85. The first kappa shape index (κ1) is 13.5. The Labute approximate surface area is 104 Å². The summed E-state index contributed by atoms with van der Waals surface area (Å²) in [7, 11) is -1.43. The van der Waals surface area contributed by atoms with Crippen LogP contribution >= 0.6 is 0 Å². The standard InChI is InChI=1S/C14H18O2Si/c1-11-5-6-12(7-8-17(2,3)4)13(9-11)10-14(15)16/h5-6,9H,10H2,1-4H3,(H,15,16). The van der Waals surface area contributed by atoms with Crippen LogP contribution in [0.2, 0.25) is 19.6 Å². The van der Waals surface area contributed by atoms with Gasteiger partial charge in [0.25, 0.3) is 0 Å². The van der Waals surface area contributed by atoms with Gasteiger partial charge in [0.2, 0.25) is 0 Å². The first-order valence-electron chi connectivity index (χ1n) is 5.62. The van der Waals surface area contributed by atoms with Crippen LogP contribution in [0.4, 0.5) is 0 Å². The summed E-state index contributed by atoms with van der Waals surface area (Å²) < 4.78 is 0. The molecule has 0 spiro atoms. The van der Waals surface area contributed by atoms with E-state index >= 15 is 0 Å². The van der Waals surface area contributed by atoms with E-state index in [0.29, 0.717) is 0 Å². The molecule has 0 atom stereocenters. The van der Waals surface area contributed by atoms with E-state index in [9.17, 15) is 4.79 Å². The molecule has 0 amide bonds. The number of aliphatic carboxylic acids is 1. The molecule has 0 saturated heterocycles. The minimum absolute atomic E-state index is 0.0391. The summed E-state index contributed by atoms with van der Waals surface area (Å²) in [4.78, 5) is 10.8. The van der Waals surface area contributed by atoms with Gasteiger partial charge in [-0.3, -0.25) is 4.79 Å². The van der Waals surface area contributed by atoms with Gasteiger partial charge in [-0.05, 0) is 18.6 Å². The average Bonchev–Trinajstić information content (AvgIpc) is 2.14. The van der Waals surface area contributed by atoms with E-state index < -0.39 is 14.0 Å². The van der Waals surface area contributed by atoms with Crippen molar-refractivity contribution in [3.8, 4) is 11.5 Å². The maximum absolute atomic E-state index is 10.8. The SMILES string of the molecule is Cc1ccc(C#C[Si](C)(C)C)c(CC(=O)O)c1. The lowest BCUT2D eigenvalue weighted by Gasteiger charge is -2.06. The molecular formula is C14H18O2Si. The number of carboxylic acids is 1. The highest BCUT2D eigenvalue weighted by Gasteiger charge is 2.09. The summed E-state index contributed by atoms with van der Waals surface area (Å²) in [5.41, 5.74) is 5.99. The van der Waals surface area contributed by atoms with Gasteiger partial charge < -0.3 is 5.11 Å². The fourth-order valence-electron chi connectivity index (χ4n) is 1.41. The van der Waals surface area contributed by atoms with Crippen molar-refractivity contribution in [3.05, 3.63) is 34.9 Å². The smallest absolute Gasteiger partial charge is 0.307 e. The van der Waals surface area contributed by atoms with Gasteiger partial charge >= 0.3 is 5.97 Å². The molecule has 1 aromatic rings. The summed E-state index contributed by atoms with van der Waals surface area (Å²) in [6.45, 7) is 8.47. The van der Waals surface area contributed by atoms with Crippen molar-refractivity contribution in [2.24, 2.45) is 0 Å². The Morgan fingerprint density at radius 3 is 2.53 bits per heavy atom. The summed E-state index contributed by atoms with van der Waals surface area (Å²) in [5, 5.41) is 8.87. The number of carbonyl (C=O) groups is 1. The van der Waals surface area contributed by atoms with E-state index in [0.717, 1.165) is 16.7 Å². The minimum Gasteiger partial charge on any atom is -0.481 e. The van der Waals surface area contributed by atoms with E-state index in [1.54, 1.807) is 0 Å². The number of benzene rings is 1. The number of aryl methyl sites for hydroxylation is 1. The van der Waals surface area contributed by atoms with Gasteiger partial charge in [-0.15, -0.1) is 5.54 Å². The maximum Gasteiger partial charge on any atom is 0.307 e. The minimum atomic E-state index is -1.43. The molecule has 0 heterocycles. The topological polar surface area (TPSA) is 37.3 Å². The molecule has 2 nitrogen and oxygen atoms in total. The second kappa shape index (κ2) is 5.20. The Hall–Kier alpha value is -1.53. The molecular weight excluding hydrogens is 228 g/mol. The van der Waals surface area contributed by atoms with Gasteiger partial charge in [-0.2, -0.15) is 0 Å². The normalized spacial score (nSPS) is 10.6. The molecule has 0 bridgehead atoms. The Bertz CT molecular complexity index is 487. The summed E-state index contributed by atoms with van der Waals surface area (Å²) >= 11 is 0. The van der Waals surface area contributed by atoms with Crippen LogP contribution in [0.3, 0.4) is 0 Å². The predicted molar refractivity (Wildman–Crippen MR) is 72.7 cm³/mol. The van der Waals surface area contributed by atoms with Gasteiger partial charge in [-0.1, -0.05) is 43.3 Å². The zero-order valence-electron chi connectivity index (χ0n) is 10.8. The van der Waals surface area contributed by atoms with Crippen molar-refractivity contribution in [1.82, 2.24) is 0 Å². The quantitative estimate of drug-likeness (QED) is 0.643. The first-order valence-corrected chi connectivity index (χ1v) is 9.12. The van der Waals surface area contributed by atoms with Crippen LogP contribution in [0.25, 0.3) is 0 Å². The van der Waals surface area contributed by atoms with Crippen LogP contribution < -0.4 is 0 Å². The highest BCUT2D eigenvalue weighted by Crippen LogP contribution is 2.12. The van der Waals surface area contributed by atoms with Crippen molar-refractivity contribution in [3.63, 3.8) is 0 Å². The monoisotopic (exact) mass is 246 g/mol. The van der Waals surface area contributed by atoms with E-state index in [-0.39, 0.29) is 6.42 Å². The zero-order valence-corrected chi connectivity index (χ0v) is 11.8. The molecule has 1 N–H and O–H groups in total. The lowest BCUT2D eigenvalue weighted by atomic mass is 10.0. The number of carboxylic acid groups (broad SMARTS) is 1. The molecule has 0 aromatic heterocycles. The Kier molecular flexibility index (Phi) is 4.14. The molecule has 0 aliphatic heterocycles. The molecule has 0 unspecified atom stereocenters. The van der Waals surface area contributed by atoms with Gasteiger partial charge in [0, 0.05) is 5.56 Å². The number of hydrogen-bond acceptors (Lipinski definition) is 1. The molecule has 1 aromatic carbocycles. The first-order chi connectivity index (χ1) is 7.78. The molecule has 0 aliphatic rings. The van der Waals surface area contributed by atoms with Gasteiger partial charge in [0.05, 0.1) is 6.42 Å². The molecule has 0 saturated carbocycles. The van der Waals surface area contributed by atoms with Crippen LogP contribution in [0.5, 0.6) is 0 Å². The molecule has 17 heavy (non-hydrogen) atoms. The molecule has 3 heteroatoms. The van der Waals surface area contributed by atoms with Crippen LogP contribution in [0.15, 0.2) is 18.2 Å². The van der Waals surface area contributed by atoms with Gasteiger partial charge in [0.15, 0.2) is 0 Å². The third-order valence-corrected chi connectivity index (χ3v) is 3.05. The van der Waals surface area contributed by atoms with E-state index in [1.165, 1.54) is 0 Å². The van der Waals surface area contributed by atoms with E-state index in [2.05, 4.69) is 31.1 Å². The van der Waals surface area contributed by atoms with Crippen LogP contribution in [-0.4, -0.2) is 19.1 Å². The fourth-order valence-corrected chi connectivity index (χ4v) is 1.92. The van der Waals surface area contributed by atoms with Crippen molar-refractivity contribution >= 4 is 14.0 Å². The largest absolute Gasteiger partial charge is 0.481 e. The Morgan fingerprint density at radius 2 is 2.00 bits per heavy atom. The Morgan fingerprint density at radius 1 is 1.35 bits per heavy atom. The highest BCUT2D eigenvalue weighted by molar-refractivity contribution is 6.83. The number of rotatable bonds is 2. The van der Waals surface area contributed by atoms with Crippen molar-refractivity contribution in [2.75, 3.05) is 0 Å². The third kappa shape index (κ3) is 4.88.